The number of aromatic nitrogens is 4. The molecule has 10 heteroatoms. The fourth-order valence-corrected chi connectivity index (χ4v) is 3.90. The minimum atomic E-state index is -1.37. The van der Waals surface area contributed by atoms with Gasteiger partial charge >= 0.3 is 0 Å². The molecule has 1 fully saturated rings. The zero-order valence-electron chi connectivity index (χ0n) is 18.1. The van der Waals surface area contributed by atoms with Crippen LogP contribution >= 0.6 is 20.6 Å². The molecule has 1 aliphatic rings. The molecule has 4 atom stereocenters. The first-order chi connectivity index (χ1) is 13.8. The predicted octanol–water partition coefficient (Wildman–Crippen LogP) is 5.50. The average molecular weight is 456 g/mol. The Morgan fingerprint density at radius 2 is 1.90 bits per heavy atom. The molecular weight excluding hydrogens is 428 g/mol. The van der Waals surface area contributed by atoms with Crippen molar-refractivity contribution in [1.82, 2.24) is 19.5 Å². The van der Waals surface area contributed by atoms with E-state index in [1.807, 2.05) is 41.5 Å². The van der Waals surface area contributed by atoms with Crippen molar-refractivity contribution in [3.63, 3.8) is 0 Å². The molecule has 2 aromatic rings. The lowest BCUT2D eigenvalue weighted by Gasteiger charge is -2.31. The molecule has 2 heterocycles. The summed E-state index contributed by atoms with van der Waals surface area (Å²) in [5, 5.41) is 0.143. The molecule has 164 valence electrons. The molecule has 30 heavy (non-hydrogen) atoms. The SMILES string of the molecule is C=C1[C@@H](n2cnc3c(Cl)nc(N=P)nc32)[C@@H](F)[C@H](OC(C)(C)C)[C@H]1COC(C)(C)C. The minimum Gasteiger partial charge on any atom is -0.375 e. The average Bonchev–Trinajstić information content (AvgIpc) is 3.11. The van der Waals surface area contributed by atoms with Crippen molar-refractivity contribution >= 4 is 37.7 Å². The number of nitrogens with zero attached hydrogens (tertiary/aromatic N) is 5. The highest BCUT2D eigenvalue weighted by Gasteiger charge is 2.50. The van der Waals surface area contributed by atoms with E-state index in [-0.39, 0.29) is 22.6 Å². The third-order valence-electron chi connectivity index (χ3n) is 4.82. The number of alkyl halides is 1. The molecule has 2 aromatic heterocycles. The van der Waals surface area contributed by atoms with E-state index in [1.165, 1.54) is 6.33 Å². The normalized spacial score (nSPS) is 25.3. The summed E-state index contributed by atoms with van der Waals surface area (Å²) in [4.78, 5) is 12.7. The Kier molecular flexibility index (Phi) is 6.36. The summed E-state index contributed by atoms with van der Waals surface area (Å²) in [6.45, 7) is 16.1. The third-order valence-corrected chi connectivity index (χ3v) is 5.28. The van der Waals surface area contributed by atoms with Gasteiger partial charge in [-0.25, -0.2) is 9.37 Å². The maximum absolute atomic E-state index is 15.9. The number of halogens is 2. The van der Waals surface area contributed by atoms with Gasteiger partial charge in [0.1, 0.15) is 11.6 Å². The van der Waals surface area contributed by atoms with Crippen LogP contribution in [0.15, 0.2) is 23.2 Å². The van der Waals surface area contributed by atoms with E-state index in [1.54, 1.807) is 4.57 Å². The molecule has 0 saturated heterocycles. The lowest BCUT2D eigenvalue weighted by molar-refractivity contribution is -0.118. The number of ether oxygens (including phenoxy) is 2. The van der Waals surface area contributed by atoms with Gasteiger partial charge in [0.25, 0.3) is 5.95 Å². The zero-order chi connectivity index (χ0) is 22.4. The van der Waals surface area contributed by atoms with Crippen molar-refractivity contribution in [1.29, 1.82) is 0 Å². The molecule has 3 rings (SSSR count). The quantitative estimate of drug-likeness (QED) is 0.338. The number of fused-ring (bicyclic) bond motifs is 1. The van der Waals surface area contributed by atoms with Crippen LogP contribution in [0.1, 0.15) is 47.6 Å². The Labute approximate surface area is 183 Å². The molecule has 0 amide bonds. The third kappa shape index (κ3) is 4.72. The molecule has 1 aliphatic carbocycles. The number of hydrogen-bond donors (Lipinski definition) is 0. The standard InChI is InChI=1S/C20H28ClFN5O2P/c1-10-11(8-28-19(2,3)4)15(29-20(5,6)7)12(22)14(10)27-9-23-13-16(21)24-18(26-30)25-17(13)27/h9,11-12,14-15,30H,1,8H2,2-7H3/t11-,12+,14+,15+/m0/s1. The van der Waals surface area contributed by atoms with E-state index in [2.05, 4.69) is 35.3 Å². The smallest absolute Gasteiger partial charge is 0.256 e. The van der Waals surface area contributed by atoms with Gasteiger partial charge in [-0.2, -0.15) is 14.7 Å². The molecule has 0 unspecified atom stereocenters. The van der Waals surface area contributed by atoms with Crippen LogP contribution in [0.3, 0.4) is 0 Å². The van der Waals surface area contributed by atoms with Crippen molar-refractivity contribution in [2.45, 2.75) is 71.1 Å². The van der Waals surface area contributed by atoms with Gasteiger partial charge in [0, 0.05) is 5.92 Å². The van der Waals surface area contributed by atoms with Crippen LogP contribution in [0.5, 0.6) is 0 Å². The molecular formula is C20H28ClFN5O2P. The van der Waals surface area contributed by atoms with Crippen molar-refractivity contribution in [3.05, 3.63) is 23.6 Å². The summed E-state index contributed by atoms with van der Waals surface area (Å²) in [6.07, 6.45) is -0.591. The lowest BCUT2D eigenvalue weighted by atomic mass is 10.0. The summed E-state index contributed by atoms with van der Waals surface area (Å²) >= 11 is 6.21. The fourth-order valence-electron chi connectivity index (χ4n) is 3.59. The molecule has 0 aromatic carbocycles. The molecule has 0 N–H and O–H groups in total. The van der Waals surface area contributed by atoms with Gasteiger partial charge < -0.3 is 14.0 Å². The maximum atomic E-state index is 15.9. The Bertz CT molecular complexity index is 968. The molecule has 0 spiro atoms. The summed E-state index contributed by atoms with van der Waals surface area (Å²) in [7, 11) is 3.02. The number of imidazole rings is 1. The lowest BCUT2D eigenvalue weighted by Crippen LogP contribution is -2.38. The Morgan fingerprint density at radius 1 is 1.23 bits per heavy atom. The second-order valence-electron chi connectivity index (χ2n) is 9.44. The second kappa shape index (κ2) is 8.23. The van der Waals surface area contributed by atoms with Gasteiger partial charge in [0.15, 0.2) is 17.0 Å². The van der Waals surface area contributed by atoms with Crippen LogP contribution in [0, 0.1) is 5.92 Å². The van der Waals surface area contributed by atoms with E-state index in [0.29, 0.717) is 23.3 Å². The largest absolute Gasteiger partial charge is 0.375 e. The van der Waals surface area contributed by atoms with Crippen LogP contribution < -0.4 is 0 Å². The minimum absolute atomic E-state index is 0.125. The van der Waals surface area contributed by atoms with E-state index >= 15 is 4.39 Å². The zero-order valence-corrected chi connectivity index (χ0v) is 19.9. The van der Waals surface area contributed by atoms with E-state index in [9.17, 15) is 0 Å². The van der Waals surface area contributed by atoms with Crippen LogP contribution in [0.2, 0.25) is 5.15 Å². The Balaban J connectivity index is 2.04. The van der Waals surface area contributed by atoms with Crippen LogP contribution in [-0.2, 0) is 9.47 Å². The summed E-state index contributed by atoms with van der Waals surface area (Å²) in [5.74, 6) is -0.210. The number of rotatable bonds is 5. The maximum Gasteiger partial charge on any atom is 0.256 e. The van der Waals surface area contributed by atoms with Gasteiger partial charge in [-0.1, -0.05) is 18.2 Å². The summed E-state index contributed by atoms with van der Waals surface area (Å²) < 4.78 is 33.4. The monoisotopic (exact) mass is 455 g/mol. The van der Waals surface area contributed by atoms with Crippen molar-refractivity contribution in [3.8, 4) is 0 Å². The van der Waals surface area contributed by atoms with Crippen LogP contribution in [0.25, 0.3) is 11.2 Å². The van der Waals surface area contributed by atoms with Gasteiger partial charge in [0.05, 0.1) is 30.2 Å². The van der Waals surface area contributed by atoms with Crippen molar-refractivity contribution in [2.24, 2.45) is 10.7 Å². The second-order valence-corrected chi connectivity index (χ2v) is 10.0. The van der Waals surface area contributed by atoms with Gasteiger partial charge in [-0.3, -0.25) is 0 Å². The predicted molar refractivity (Wildman–Crippen MR) is 118 cm³/mol. The van der Waals surface area contributed by atoms with E-state index < -0.39 is 23.9 Å². The molecule has 0 radical (unpaired) electrons. The Hall–Kier alpha value is -1.47. The Morgan fingerprint density at radius 3 is 2.47 bits per heavy atom. The highest BCUT2D eigenvalue weighted by Crippen LogP contribution is 2.45. The van der Waals surface area contributed by atoms with Crippen molar-refractivity contribution in [2.75, 3.05) is 6.61 Å². The van der Waals surface area contributed by atoms with Crippen LogP contribution in [0.4, 0.5) is 10.3 Å². The van der Waals surface area contributed by atoms with Gasteiger partial charge in [0.2, 0.25) is 0 Å². The van der Waals surface area contributed by atoms with Crippen LogP contribution in [-0.4, -0.2) is 49.6 Å². The molecule has 7 nitrogen and oxygen atoms in total. The van der Waals surface area contributed by atoms with Gasteiger partial charge in [-0.05, 0) is 56.1 Å². The first kappa shape index (κ1) is 23.2. The highest BCUT2D eigenvalue weighted by atomic mass is 35.5. The van der Waals surface area contributed by atoms with Crippen molar-refractivity contribution < 1.29 is 13.9 Å². The first-order valence-corrected chi connectivity index (χ1v) is 10.6. The summed E-state index contributed by atoms with van der Waals surface area (Å²) in [6, 6.07) is -0.732. The fraction of sp³-hybridized carbons (Fsp3) is 0.650. The topological polar surface area (TPSA) is 74.4 Å². The highest BCUT2D eigenvalue weighted by molar-refractivity contribution is 7.04. The molecule has 0 bridgehead atoms. The van der Waals surface area contributed by atoms with E-state index in [4.69, 9.17) is 21.1 Å². The first-order valence-electron chi connectivity index (χ1n) is 9.74. The number of hydrogen-bond acceptors (Lipinski definition) is 6. The molecule has 1 saturated carbocycles. The van der Waals surface area contributed by atoms with E-state index in [0.717, 1.165) is 0 Å². The van der Waals surface area contributed by atoms with Gasteiger partial charge in [-0.15, -0.1) is 0 Å². The molecule has 0 aliphatic heterocycles. The summed E-state index contributed by atoms with van der Waals surface area (Å²) in [5.41, 5.74) is 0.511.